The van der Waals surface area contributed by atoms with E-state index in [1.807, 2.05) is 24.3 Å². The Morgan fingerprint density at radius 1 is 1.14 bits per heavy atom. The first-order valence-corrected chi connectivity index (χ1v) is 7.77. The summed E-state index contributed by atoms with van der Waals surface area (Å²) >= 11 is 12.3. The number of ether oxygens (including phenoxy) is 1. The van der Waals surface area contributed by atoms with Crippen molar-refractivity contribution in [1.82, 2.24) is 0 Å². The number of benzene rings is 2. The maximum absolute atomic E-state index is 10.1. The number of aryl methyl sites for hydroxylation is 1. The molecule has 0 fully saturated rings. The Labute approximate surface area is 134 Å². The van der Waals surface area contributed by atoms with Crippen LogP contribution < -0.4 is 4.74 Å². The first-order valence-electron chi connectivity index (χ1n) is 7.02. The van der Waals surface area contributed by atoms with Gasteiger partial charge in [-0.3, -0.25) is 0 Å². The molecule has 0 heterocycles. The average Bonchev–Trinajstić information content (AvgIpc) is 2.47. The quantitative estimate of drug-likeness (QED) is 0.867. The van der Waals surface area contributed by atoms with Crippen LogP contribution in [0.2, 0.25) is 10.0 Å². The lowest BCUT2D eigenvalue weighted by atomic mass is 9.89. The third kappa shape index (κ3) is 3.18. The minimum atomic E-state index is -0.388. The fourth-order valence-electron chi connectivity index (χ4n) is 2.67. The number of aliphatic hydroxyl groups excluding tert-OH is 1. The van der Waals surface area contributed by atoms with Gasteiger partial charge in [-0.2, -0.15) is 0 Å². The lowest BCUT2D eigenvalue weighted by Crippen LogP contribution is -2.09. The second-order valence-corrected chi connectivity index (χ2v) is 6.07. The van der Waals surface area contributed by atoms with Crippen molar-refractivity contribution < 1.29 is 9.84 Å². The minimum absolute atomic E-state index is 0.313. The number of hydrogen-bond acceptors (Lipinski definition) is 2. The molecule has 0 aliphatic heterocycles. The van der Waals surface area contributed by atoms with Gasteiger partial charge >= 0.3 is 0 Å². The molecule has 1 N–H and O–H groups in total. The smallest absolute Gasteiger partial charge is 0.120 e. The van der Waals surface area contributed by atoms with E-state index in [1.165, 1.54) is 5.56 Å². The lowest BCUT2D eigenvalue weighted by molar-refractivity contribution is 0.156. The van der Waals surface area contributed by atoms with Crippen LogP contribution in [0.4, 0.5) is 0 Å². The van der Waals surface area contributed by atoms with E-state index in [0.717, 1.165) is 36.1 Å². The van der Waals surface area contributed by atoms with Crippen molar-refractivity contribution in [3.05, 3.63) is 63.1 Å². The molecule has 21 heavy (non-hydrogen) atoms. The molecule has 1 aliphatic rings. The molecule has 2 aromatic carbocycles. The van der Waals surface area contributed by atoms with Gasteiger partial charge in [0.1, 0.15) is 12.4 Å². The van der Waals surface area contributed by atoms with Crippen molar-refractivity contribution in [1.29, 1.82) is 0 Å². The number of halogens is 2. The van der Waals surface area contributed by atoms with Crippen molar-refractivity contribution in [2.75, 3.05) is 0 Å². The molecule has 110 valence electrons. The summed E-state index contributed by atoms with van der Waals surface area (Å²) < 4.78 is 5.79. The summed E-state index contributed by atoms with van der Waals surface area (Å²) in [6, 6.07) is 11.3. The zero-order valence-corrected chi connectivity index (χ0v) is 13.0. The highest BCUT2D eigenvalue weighted by Crippen LogP contribution is 2.33. The maximum Gasteiger partial charge on any atom is 0.120 e. The zero-order valence-electron chi connectivity index (χ0n) is 11.5. The molecule has 0 bridgehead atoms. The van der Waals surface area contributed by atoms with Gasteiger partial charge in [0.15, 0.2) is 0 Å². The molecular weight excluding hydrogens is 307 g/mol. The average molecular weight is 323 g/mol. The van der Waals surface area contributed by atoms with Gasteiger partial charge in [0.25, 0.3) is 0 Å². The van der Waals surface area contributed by atoms with Crippen LogP contribution in [0, 0.1) is 0 Å². The van der Waals surface area contributed by atoms with Crippen molar-refractivity contribution in [3.8, 4) is 5.75 Å². The second kappa shape index (κ2) is 6.27. The number of rotatable bonds is 3. The van der Waals surface area contributed by atoms with E-state index < -0.39 is 0 Å². The summed E-state index contributed by atoms with van der Waals surface area (Å²) in [5.41, 5.74) is 2.96. The van der Waals surface area contributed by atoms with Gasteiger partial charge in [0.05, 0.1) is 6.10 Å². The molecule has 4 heteroatoms. The van der Waals surface area contributed by atoms with Gasteiger partial charge < -0.3 is 9.84 Å². The predicted octanol–water partition coefficient (Wildman–Crippen LogP) is 4.94. The minimum Gasteiger partial charge on any atom is -0.489 e. The summed E-state index contributed by atoms with van der Waals surface area (Å²) in [5, 5.41) is 11.3. The topological polar surface area (TPSA) is 29.5 Å². The van der Waals surface area contributed by atoms with Crippen LogP contribution in [0.25, 0.3) is 0 Å². The molecule has 1 atom stereocenters. The van der Waals surface area contributed by atoms with E-state index in [-0.39, 0.29) is 6.10 Å². The molecule has 0 amide bonds. The fraction of sp³-hybridized carbons (Fsp3) is 0.294. The third-order valence-corrected chi connectivity index (χ3v) is 4.55. The molecular formula is C17H16Cl2O2. The van der Waals surface area contributed by atoms with E-state index >= 15 is 0 Å². The number of fused-ring (bicyclic) bond motifs is 1. The van der Waals surface area contributed by atoms with E-state index in [2.05, 4.69) is 0 Å². The van der Waals surface area contributed by atoms with Crippen molar-refractivity contribution >= 4 is 23.2 Å². The molecule has 0 aromatic heterocycles. The fourth-order valence-corrected chi connectivity index (χ4v) is 3.17. The predicted molar refractivity (Wildman–Crippen MR) is 85.1 cm³/mol. The van der Waals surface area contributed by atoms with E-state index in [9.17, 15) is 5.11 Å². The molecule has 0 saturated heterocycles. The van der Waals surface area contributed by atoms with Gasteiger partial charge in [0.2, 0.25) is 0 Å². The van der Waals surface area contributed by atoms with Gasteiger partial charge in [-0.05, 0) is 54.7 Å². The Morgan fingerprint density at radius 3 is 2.67 bits per heavy atom. The van der Waals surface area contributed by atoms with Crippen molar-refractivity contribution in [2.24, 2.45) is 0 Å². The Morgan fingerprint density at radius 2 is 1.90 bits per heavy atom. The first kappa shape index (κ1) is 14.7. The summed E-state index contributed by atoms with van der Waals surface area (Å²) in [6.07, 6.45) is 2.47. The molecule has 2 aromatic rings. The summed E-state index contributed by atoms with van der Waals surface area (Å²) in [5.74, 6) is 0.727. The van der Waals surface area contributed by atoms with Crippen LogP contribution in [0.5, 0.6) is 5.75 Å². The molecule has 1 aliphatic carbocycles. The Bertz CT molecular complexity index is 635. The van der Waals surface area contributed by atoms with Crippen LogP contribution in [-0.2, 0) is 13.0 Å². The molecule has 0 saturated carbocycles. The normalized spacial score (nSPS) is 17.4. The number of hydrogen-bond donors (Lipinski definition) is 1. The highest BCUT2D eigenvalue weighted by Gasteiger charge is 2.18. The summed E-state index contributed by atoms with van der Waals surface area (Å²) in [4.78, 5) is 0. The van der Waals surface area contributed by atoms with E-state index in [4.69, 9.17) is 27.9 Å². The summed E-state index contributed by atoms with van der Waals surface area (Å²) in [6.45, 7) is 0.313. The Balaban J connectivity index is 1.78. The molecule has 0 unspecified atom stereocenters. The summed E-state index contributed by atoms with van der Waals surface area (Å²) in [7, 11) is 0. The van der Waals surface area contributed by atoms with Crippen LogP contribution in [0.15, 0.2) is 36.4 Å². The second-order valence-electron chi connectivity index (χ2n) is 5.26. The highest BCUT2D eigenvalue weighted by atomic mass is 35.5. The van der Waals surface area contributed by atoms with Crippen molar-refractivity contribution in [3.63, 3.8) is 0 Å². The first-order chi connectivity index (χ1) is 10.1. The monoisotopic (exact) mass is 322 g/mol. The van der Waals surface area contributed by atoms with E-state index in [1.54, 1.807) is 12.1 Å². The third-order valence-electron chi connectivity index (χ3n) is 3.84. The molecule has 0 radical (unpaired) electrons. The van der Waals surface area contributed by atoms with Crippen molar-refractivity contribution in [2.45, 2.75) is 32.0 Å². The SMILES string of the molecule is O[C@@H]1CCCc2ccc(OCc3c(Cl)cccc3Cl)cc21. The standard InChI is InChI=1S/C17H16Cl2O2/c18-15-4-2-5-16(19)14(15)10-21-12-8-7-11-3-1-6-17(20)13(11)9-12/h2,4-5,7-9,17,20H,1,3,6,10H2/t17-/m1/s1. The Hall–Kier alpha value is -1.22. The van der Waals surface area contributed by atoms with Crippen LogP contribution in [0.3, 0.4) is 0 Å². The maximum atomic E-state index is 10.1. The van der Waals surface area contributed by atoms with Gasteiger partial charge in [-0.15, -0.1) is 0 Å². The highest BCUT2D eigenvalue weighted by molar-refractivity contribution is 6.35. The van der Waals surface area contributed by atoms with E-state index in [0.29, 0.717) is 16.7 Å². The van der Waals surface area contributed by atoms with Gasteiger partial charge in [-0.25, -0.2) is 0 Å². The van der Waals surface area contributed by atoms with Crippen LogP contribution in [0.1, 0.15) is 35.6 Å². The number of aliphatic hydroxyl groups is 1. The van der Waals surface area contributed by atoms with Crippen LogP contribution in [-0.4, -0.2) is 5.11 Å². The van der Waals surface area contributed by atoms with Gasteiger partial charge in [-0.1, -0.05) is 35.3 Å². The van der Waals surface area contributed by atoms with Crippen LogP contribution >= 0.6 is 23.2 Å². The largest absolute Gasteiger partial charge is 0.489 e. The molecule has 2 nitrogen and oxygen atoms in total. The lowest BCUT2D eigenvalue weighted by Gasteiger charge is -2.22. The zero-order chi connectivity index (χ0) is 14.8. The Kier molecular flexibility index (Phi) is 4.39. The molecule has 3 rings (SSSR count). The molecule has 0 spiro atoms. The van der Waals surface area contributed by atoms with Gasteiger partial charge in [0, 0.05) is 15.6 Å².